The van der Waals surface area contributed by atoms with E-state index < -0.39 is 0 Å². The molecule has 2 aromatic carbocycles. The third kappa shape index (κ3) is 4.42. The van der Waals surface area contributed by atoms with E-state index in [1.807, 2.05) is 49.4 Å². The number of rotatable bonds is 6. The van der Waals surface area contributed by atoms with E-state index >= 15 is 0 Å². The normalized spacial score (nSPS) is 16.9. The summed E-state index contributed by atoms with van der Waals surface area (Å²) in [4.78, 5) is 20.0. The maximum atomic E-state index is 13.0. The van der Waals surface area contributed by atoms with Crippen molar-refractivity contribution in [1.82, 2.24) is 4.90 Å². The molecule has 2 aromatic rings. The summed E-state index contributed by atoms with van der Waals surface area (Å²) in [5.74, 6) is 1.26. The molecule has 1 aliphatic rings. The molecule has 0 saturated carbocycles. The van der Waals surface area contributed by atoms with Gasteiger partial charge in [-0.25, -0.2) is 4.99 Å². The van der Waals surface area contributed by atoms with Crippen LogP contribution in [0.15, 0.2) is 56.8 Å². The minimum atomic E-state index is -0.0458. The van der Waals surface area contributed by atoms with Crippen LogP contribution in [0.5, 0.6) is 11.5 Å². The monoisotopic (exact) mass is 460 g/mol. The topological polar surface area (TPSA) is 51.1 Å². The Hall–Kier alpha value is -2.25. The van der Waals surface area contributed by atoms with Gasteiger partial charge in [-0.1, -0.05) is 25.1 Å². The zero-order valence-corrected chi connectivity index (χ0v) is 18.3. The summed E-state index contributed by atoms with van der Waals surface area (Å²) in [7, 11) is 3.20. The smallest absolute Gasteiger partial charge is 0.266 e. The van der Waals surface area contributed by atoms with Crippen molar-refractivity contribution in [3.63, 3.8) is 0 Å². The molecule has 0 atom stereocenters. The van der Waals surface area contributed by atoms with Gasteiger partial charge in [-0.05, 0) is 58.4 Å². The van der Waals surface area contributed by atoms with E-state index in [1.54, 1.807) is 25.2 Å². The Morgan fingerprint density at radius 1 is 1.14 bits per heavy atom. The summed E-state index contributed by atoms with van der Waals surface area (Å²) in [6.45, 7) is 2.67. The molecule has 7 heteroatoms. The first-order valence-corrected chi connectivity index (χ1v) is 10.4. The average molecular weight is 461 g/mol. The van der Waals surface area contributed by atoms with E-state index in [0.29, 0.717) is 28.1 Å². The molecule has 0 bridgehead atoms. The zero-order valence-electron chi connectivity index (χ0n) is 15.9. The summed E-state index contributed by atoms with van der Waals surface area (Å²) >= 11 is 4.87. The van der Waals surface area contributed by atoms with Crippen LogP contribution in [0.1, 0.15) is 18.9 Å². The fraction of sp³-hybridized carbons (Fsp3) is 0.238. The number of nitrogens with zero attached hydrogens (tertiary/aromatic N) is 2. The van der Waals surface area contributed by atoms with Crippen molar-refractivity contribution in [1.29, 1.82) is 0 Å². The molecule has 0 aromatic heterocycles. The van der Waals surface area contributed by atoms with Gasteiger partial charge in [0.05, 0.1) is 29.3 Å². The van der Waals surface area contributed by atoms with Crippen LogP contribution in [-0.4, -0.2) is 36.7 Å². The quantitative estimate of drug-likeness (QED) is 0.535. The van der Waals surface area contributed by atoms with E-state index in [1.165, 1.54) is 11.8 Å². The Morgan fingerprint density at radius 3 is 2.50 bits per heavy atom. The molecule has 0 unspecified atom stereocenters. The van der Waals surface area contributed by atoms with Gasteiger partial charge >= 0.3 is 0 Å². The molecule has 0 N–H and O–H groups in total. The van der Waals surface area contributed by atoms with Gasteiger partial charge in [0.2, 0.25) is 0 Å². The average Bonchev–Trinajstić information content (AvgIpc) is 2.98. The minimum absolute atomic E-state index is 0.0458. The number of carbonyl (C=O) groups is 1. The van der Waals surface area contributed by atoms with Gasteiger partial charge in [-0.15, -0.1) is 0 Å². The lowest BCUT2D eigenvalue weighted by Crippen LogP contribution is -2.29. The molecule has 3 rings (SSSR count). The standard InChI is InChI=1S/C21H21BrN2O3S/c1-4-10-24-20(25)19(28-21(24)23-15-8-6-5-7-9-15)12-14-11-16(22)18(27-3)13-17(14)26-2/h5-9,11-13H,4,10H2,1-3H3/b19-12-,23-21?. The number of aliphatic imine (C=N–C) groups is 1. The van der Waals surface area contributed by atoms with Crippen molar-refractivity contribution >= 4 is 50.5 Å². The first-order valence-electron chi connectivity index (χ1n) is 8.84. The molecule has 0 spiro atoms. The van der Waals surface area contributed by atoms with Crippen LogP contribution in [0, 0.1) is 0 Å². The zero-order chi connectivity index (χ0) is 20.1. The first-order chi connectivity index (χ1) is 13.6. The summed E-state index contributed by atoms with van der Waals surface area (Å²) in [6, 6.07) is 13.3. The predicted octanol–water partition coefficient (Wildman–Crippen LogP) is 5.48. The number of carbonyl (C=O) groups excluding carboxylic acids is 1. The van der Waals surface area contributed by atoms with Gasteiger partial charge in [0.25, 0.3) is 5.91 Å². The molecule has 5 nitrogen and oxygen atoms in total. The number of hydrogen-bond donors (Lipinski definition) is 0. The highest BCUT2D eigenvalue weighted by Crippen LogP contribution is 2.38. The number of amides is 1. The highest BCUT2D eigenvalue weighted by Gasteiger charge is 2.33. The maximum Gasteiger partial charge on any atom is 0.266 e. The van der Waals surface area contributed by atoms with Crippen LogP contribution in [-0.2, 0) is 4.79 Å². The Morgan fingerprint density at radius 2 is 1.86 bits per heavy atom. The second-order valence-electron chi connectivity index (χ2n) is 6.03. The fourth-order valence-corrected chi connectivity index (χ4v) is 4.30. The lowest BCUT2D eigenvalue weighted by molar-refractivity contribution is -0.122. The van der Waals surface area contributed by atoms with Gasteiger partial charge in [0.15, 0.2) is 5.17 Å². The molecule has 0 aliphatic carbocycles. The van der Waals surface area contributed by atoms with E-state index in [-0.39, 0.29) is 5.91 Å². The number of ether oxygens (including phenoxy) is 2. The van der Waals surface area contributed by atoms with Crippen LogP contribution in [0.25, 0.3) is 6.08 Å². The molecule has 0 radical (unpaired) electrons. The van der Waals surface area contributed by atoms with E-state index in [4.69, 9.17) is 9.47 Å². The maximum absolute atomic E-state index is 13.0. The van der Waals surface area contributed by atoms with Crippen LogP contribution >= 0.6 is 27.7 Å². The number of thioether (sulfide) groups is 1. The predicted molar refractivity (Wildman–Crippen MR) is 118 cm³/mol. The SMILES string of the molecule is CCCN1C(=O)/C(=C/c2cc(Br)c(OC)cc2OC)SC1=Nc1ccccc1. The van der Waals surface area contributed by atoms with Gasteiger partial charge in [-0.2, -0.15) is 0 Å². The van der Waals surface area contributed by atoms with Crippen molar-refractivity contribution in [2.24, 2.45) is 4.99 Å². The Balaban J connectivity index is 2.00. The van der Waals surface area contributed by atoms with Crippen molar-refractivity contribution in [3.8, 4) is 11.5 Å². The van der Waals surface area contributed by atoms with Crippen LogP contribution in [0.2, 0.25) is 0 Å². The highest BCUT2D eigenvalue weighted by atomic mass is 79.9. The largest absolute Gasteiger partial charge is 0.496 e. The van der Waals surface area contributed by atoms with Crippen molar-refractivity contribution in [2.45, 2.75) is 13.3 Å². The summed E-state index contributed by atoms with van der Waals surface area (Å²) in [5, 5.41) is 0.691. The molecular formula is C21H21BrN2O3S. The van der Waals surface area contributed by atoms with Crippen molar-refractivity contribution < 1.29 is 14.3 Å². The van der Waals surface area contributed by atoms with Gasteiger partial charge in [0.1, 0.15) is 11.5 Å². The Bertz CT molecular complexity index is 929. The van der Waals surface area contributed by atoms with Gasteiger partial charge in [0, 0.05) is 18.2 Å². The first kappa shape index (κ1) is 20.5. The minimum Gasteiger partial charge on any atom is -0.496 e. The van der Waals surface area contributed by atoms with E-state index in [9.17, 15) is 4.79 Å². The third-order valence-corrected chi connectivity index (χ3v) is 5.73. The molecule has 146 valence electrons. The van der Waals surface area contributed by atoms with E-state index in [0.717, 1.165) is 22.1 Å². The molecule has 1 amide bonds. The summed E-state index contributed by atoms with van der Waals surface area (Å²) < 4.78 is 11.6. The van der Waals surface area contributed by atoms with Crippen molar-refractivity contribution in [3.05, 3.63) is 57.4 Å². The number of halogens is 1. The number of para-hydroxylation sites is 1. The number of hydrogen-bond acceptors (Lipinski definition) is 5. The molecule has 1 heterocycles. The van der Waals surface area contributed by atoms with Crippen LogP contribution < -0.4 is 9.47 Å². The summed E-state index contributed by atoms with van der Waals surface area (Å²) in [6.07, 6.45) is 2.69. The molecule has 28 heavy (non-hydrogen) atoms. The second-order valence-corrected chi connectivity index (χ2v) is 7.89. The lowest BCUT2D eigenvalue weighted by atomic mass is 10.1. The summed E-state index contributed by atoms with van der Waals surface area (Å²) in [5.41, 5.74) is 1.62. The number of benzene rings is 2. The third-order valence-electron chi connectivity index (χ3n) is 4.11. The van der Waals surface area contributed by atoms with Gasteiger partial charge in [-0.3, -0.25) is 9.69 Å². The van der Waals surface area contributed by atoms with Gasteiger partial charge < -0.3 is 9.47 Å². The molecule has 1 saturated heterocycles. The number of methoxy groups -OCH3 is 2. The van der Waals surface area contributed by atoms with Crippen molar-refractivity contribution in [2.75, 3.05) is 20.8 Å². The van der Waals surface area contributed by atoms with E-state index in [2.05, 4.69) is 20.9 Å². The van der Waals surface area contributed by atoms with Crippen LogP contribution in [0.3, 0.4) is 0 Å². The molecular weight excluding hydrogens is 440 g/mol. The fourth-order valence-electron chi connectivity index (χ4n) is 2.76. The molecule has 1 fully saturated rings. The second kappa shape index (κ2) is 9.30. The molecule has 1 aliphatic heterocycles. The Kier molecular flexibility index (Phi) is 6.80. The van der Waals surface area contributed by atoms with Crippen LogP contribution in [0.4, 0.5) is 5.69 Å². The number of amidine groups is 1. The Labute approximate surface area is 177 Å². The highest BCUT2D eigenvalue weighted by molar-refractivity contribution is 9.10. The lowest BCUT2D eigenvalue weighted by Gasteiger charge is -2.14.